The van der Waals surface area contributed by atoms with Crippen molar-refractivity contribution < 1.29 is 90.7 Å². The number of ether oxygens (including phenoxy) is 5. The van der Waals surface area contributed by atoms with Gasteiger partial charge in [-0.3, -0.25) is 37.7 Å². The van der Waals surface area contributed by atoms with Gasteiger partial charge in [0.2, 0.25) is 43.7 Å². The van der Waals surface area contributed by atoms with E-state index in [9.17, 15) is 71.5 Å². The number of fused-ring (bicyclic) bond motifs is 4. The van der Waals surface area contributed by atoms with Gasteiger partial charge < -0.3 is 50.6 Å². The van der Waals surface area contributed by atoms with Crippen LogP contribution in [0.3, 0.4) is 0 Å². The van der Waals surface area contributed by atoms with Gasteiger partial charge in [0, 0.05) is 50.8 Å². The number of aromatic carboxylic acids is 1. The number of hydrogen-bond acceptors (Lipinski definition) is 23. The maximum atomic E-state index is 14.9. The molecule has 0 fully saturated rings. The molecule has 7 aromatic heterocycles. The van der Waals surface area contributed by atoms with E-state index in [1.54, 1.807) is 89.5 Å². The molecule has 7 heterocycles. The third-order valence-electron chi connectivity index (χ3n) is 18.9. The van der Waals surface area contributed by atoms with Crippen LogP contribution in [0.25, 0.3) is 55.2 Å². The second-order valence-electron chi connectivity index (χ2n) is 29.8. The van der Waals surface area contributed by atoms with Crippen LogP contribution in [-0.2, 0) is 69.6 Å². The van der Waals surface area contributed by atoms with E-state index in [4.69, 9.17) is 77.1 Å². The number of H-pyrrole nitrogens is 1. The number of aromatic nitrogens is 11. The molecule has 0 saturated heterocycles. The fraction of sp³-hybridized carbons (Fsp3) is 0.310. The van der Waals surface area contributed by atoms with Gasteiger partial charge in [0.15, 0.2) is 17.3 Å². The van der Waals surface area contributed by atoms with E-state index in [1.807, 2.05) is 6.92 Å². The van der Waals surface area contributed by atoms with Crippen LogP contribution in [0.2, 0.25) is 10.0 Å². The Hall–Kier alpha value is -12.8. The minimum Gasteiger partial charge on any atom is -0.497 e. The number of halogens is 9. The predicted octanol–water partition coefficient (Wildman–Crippen LogP) is 15.3. The Balaban J connectivity index is 0.000000290. The van der Waals surface area contributed by atoms with Gasteiger partial charge in [-0.05, 0) is 153 Å². The lowest BCUT2D eigenvalue weighted by Crippen LogP contribution is -2.39. The second-order valence-corrected chi connectivity index (χ2v) is 34.4. The van der Waals surface area contributed by atoms with Crippen molar-refractivity contribution in [3.63, 3.8) is 0 Å². The maximum Gasteiger partial charge on any atom is 0.446 e. The number of rotatable bonds is 28. The number of sulfonamides is 2. The van der Waals surface area contributed by atoms with E-state index >= 15 is 0 Å². The van der Waals surface area contributed by atoms with Crippen LogP contribution in [-0.4, -0.2) is 149 Å². The number of nitrogens with two attached hydrogens (primary N) is 2. The Labute approximate surface area is 765 Å². The van der Waals surface area contributed by atoms with Crippen molar-refractivity contribution >= 4 is 133 Å². The van der Waals surface area contributed by atoms with Crippen molar-refractivity contribution in [3.8, 4) is 34.6 Å². The smallest absolute Gasteiger partial charge is 0.446 e. The summed E-state index contributed by atoms with van der Waals surface area (Å²) < 4.78 is 194. The molecule has 0 spiro atoms. The molecule has 0 aliphatic carbocycles. The molecule has 0 radical (unpaired) electrons. The number of aryl methyl sites for hydroxylation is 2. The predicted molar refractivity (Wildman–Crippen MR) is 492 cm³/mol. The van der Waals surface area contributed by atoms with Gasteiger partial charge in [-0.25, -0.2) is 62.6 Å². The topological polar surface area (TPSA) is 420 Å². The minimum absolute atomic E-state index is 0. The Kier molecular flexibility index (Phi) is 34.2. The number of aldehydes is 1. The number of carboxylic acids is 1. The van der Waals surface area contributed by atoms with Crippen molar-refractivity contribution in [3.05, 3.63) is 249 Å². The third kappa shape index (κ3) is 26.5. The first-order valence-electron chi connectivity index (χ1n) is 40.2. The number of nitrogen functional groups attached to an aromatic ring is 1. The van der Waals surface area contributed by atoms with Crippen LogP contribution in [0, 0.1) is 23.3 Å². The van der Waals surface area contributed by atoms with E-state index in [0.29, 0.717) is 47.8 Å². The summed E-state index contributed by atoms with van der Waals surface area (Å²) in [5.74, 6) is -2.87. The van der Waals surface area contributed by atoms with Crippen molar-refractivity contribution in [1.82, 2.24) is 58.9 Å². The van der Waals surface area contributed by atoms with E-state index in [2.05, 4.69) is 42.4 Å². The Morgan fingerprint density at radius 2 is 1.05 bits per heavy atom. The summed E-state index contributed by atoms with van der Waals surface area (Å²) in [5, 5.41) is 21.4. The zero-order valence-electron chi connectivity index (χ0n) is 73.9. The van der Waals surface area contributed by atoms with Gasteiger partial charge in [0.05, 0.1) is 123 Å². The largest absolute Gasteiger partial charge is 0.497 e. The van der Waals surface area contributed by atoms with Crippen LogP contribution in [0.15, 0.2) is 160 Å². The number of carbonyl (C=O) groups is 3. The number of carboxylic acid groups (broad SMARTS) is 1. The first kappa shape index (κ1) is 100. The number of methoxy groups -OCH3 is 2. The number of anilines is 3. The van der Waals surface area contributed by atoms with Crippen LogP contribution in [0.1, 0.15) is 131 Å². The molecule has 44 heteroatoms. The van der Waals surface area contributed by atoms with E-state index < -0.39 is 112 Å². The molecule has 0 unspecified atom stereocenters. The molecular formula is C87H98Cl2F7N16O16PS2. The summed E-state index contributed by atoms with van der Waals surface area (Å²) in [4.78, 5) is 94.4. The van der Waals surface area contributed by atoms with E-state index in [-0.39, 0.29) is 158 Å². The van der Waals surface area contributed by atoms with Crippen molar-refractivity contribution in [1.29, 1.82) is 3.84 Å². The second kappa shape index (κ2) is 44.7. The summed E-state index contributed by atoms with van der Waals surface area (Å²) >= 11 is 13.6. The molecule has 7 N–H and O–H groups in total. The molecule has 2 atom stereocenters. The molecule has 131 heavy (non-hydrogen) atoms. The highest BCUT2D eigenvalue weighted by atomic mass is 35.5. The number of carbonyl (C=O) groups excluding carboxylic acids is 2. The van der Waals surface area contributed by atoms with Gasteiger partial charge in [0.1, 0.15) is 69.0 Å². The average Bonchev–Trinajstić information content (AvgIpc) is 1.53. The van der Waals surface area contributed by atoms with Gasteiger partial charge in [-0.1, -0.05) is 89.0 Å². The highest BCUT2D eigenvalue weighted by Crippen LogP contribution is 2.41. The number of nitrogens with zero attached hydrogens (tertiary/aromatic N) is 12. The molecule has 0 aliphatic rings. The number of aromatic amines is 1. The molecular weight excluding hydrogens is 1820 g/mol. The van der Waals surface area contributed by atoms with Crippen LogP contribution >= 0.6 is 32.9 Å². The number of benzene rings is 6. The number of hydrogen-bond donors (Lipinski definition) is 5. The first-order chi connectivity index (χ1) is 62.0. The fourth-order valence-electron chi connectivity index (χ4n) is 13.1. The lowest BCUT2D eigenvalue weighted by atomic mass is 10.0. The molecule has 13 aromatic rings. The summed E-state index contributed by atoms with van der Waals surface area (Å²) in [7, 11) is -3.64. The van der Waals surface area contributed by atoms with Crippen molar-refractivity contribution in [2.24, 2.45) is 19.8 Å². The maximum absolute atomic E-state index is 14.9. The highest BCUT2D eigenvalue weighted by molar-refractivity contribution is 7.92. The number of alkyl carbamates (subject to hydrolysis) is 1. The molecule has 0 bridgehead atoms. The van der Waals surface area contributed by atoms with Crippen molar-refractivity contribution in [2.45, 2.75) is 125 Å². The Morgan fingerprint density at radius 1 is 0.626 bits per heavy atom. The lowest BCUT2D eigenvalue weighted by molar-refractivity contribution is -0.156. The zero-order chi connectivity index (χ0) is 97.3. The molecule has 32 nitrogen and oxygen atoms in total. The SMILES string of the molecule is C.C.CCCCOc1ccc(C(=O)O)c(N)n1.CCCCOc1ccc2c(=O)n(-c3ccc(Cl)c4c(N(Cc5ccc(OC)cc5)S(C)(=O)=O)nn(C)c34)c([C@H](Cc3cc(F)cc(F)c3)NC(=O)OC(C)(C)C)nc2n1.COc1ccc(CN(c2nn(C)c3c(-n4c([C@@H](N)Cc5cc(F)cc(F)c5)nc5[nH]c(=O)ccc5c4=O)ccc(Cl)c23)S(C)(=O)=O)cc1.O=CC(F)(F)F.[3H]P([3H])[3H]. The van der Waals surface area contributed by atoms with Gasteiger partial charge in [0.25, 0.3) is 11.1 Å². The summed E-state index contributed by atoms with van der Waals surface area (Å²) in [6.07, 6.45) is -1.35. The first-order valence-corrected chi connectivity index (χ1v) is 43.3. The number of unbranched alkanes of at least 4 members (excludes halogenated alkanes) is 2. The van der Waals surface area contributed by atoms with E-state index in [1.165, 1.54) is 87.3 Å². The van der Waals surface area contributed by atoms with Crippen LogP contribution < -0.4 is 61.0 Å². The number of pyridine rings is 3. The third-order valence-corrected chi connectivity index (χ3v) is 21.7. The number of nitrogens with one attached hydrogen (secondary N) is 2. The van der Waals surface area contributed by atoms with Crippen molar-refractivity contribution in [2.75, 3.05) is 54.3 Å². The summed E-state index contributed by atoms with van der Waals surface area (Å²) in [6.45, 7) is 9.76. The van der Waals surface area contributed by atoms with Gasteiger partial charge >= 0.3 is 18.2 Å². The average molecular weight is 1930 g/mol. The number of amides is 1. The van der Waals surface area contributed by atoms with Gasteiger partial charge in [-0.15, -0.1) is 0 Å². The summed E-state index contributed by atoms with van der Waals surface area (Å²) in [6, 6.07) is 31.6. The molecule has 1 amide bonds. The van der Waals surface area contributed by atoms with Crippen LogP contribution in [0.5, 0.6) is 23.3 Å². The molecule has 13 rings (SSSR count). The normalized spacial score (nSPS) is 12.1. The quantitative estimate of drug-likeness (QED) is 0.0132. The molecule has 6 aromatic carbocycles. The molecule has 0 saturated carbocycles. The highest BCUT2D eigenvalue weighted by Gasteiger charge is 2.34. The Morgan fingerprint density at radius 3 is 1.47 bits per heavy atom. The standard InChI is InChI=1S/C41H44ClF2N7O7S.C32H28ClF2N7O5S.C10H14N2O3.C2HF3O.2CH4.H3P/c1-8-9-18-57-33-17-14-29-36(46-33)47-37(31(45-40(53)58-41(2,3)4)21-25-19-26(43)22-27(44)20-25)51(39(29)52)32-16-15-30(42)34-35(32)49(5)48-38(34)50(59(7,54)55)23-24-10-12-28(56-6)13-11-24;1-40-28-25(10-9-23(33)27(28)31(39-40)41(48(3,45)46)16-17-4-6-21(47-2)7-5-17)42-30(24(36)14-18-12-19(34)15-20(35)13-18)38-29-22(32(42)44)8-11-26(43)37-29;1-2-3-6-15-8-5-4-7(10(13)14)9(11)12-8;3-2(4,5)1-6;;;/h10-17,19-20,22,31H,8-9,18,21,23H2,1-7H3,(H,45,53);4-13,15,24H,14,16,36H2,1-3H3,(H,37,43);4-5H,2-3,6H2,1H3,(H2,11,12)(H,13,14);1H;2*1H4;1H3/t31-;24-;;;;;/m00...../s1/i;;;;;;1T3. The lowest BCUT2D eigenvalue weighted by Gasteiger charge is -2.26. The van der Waals surface area contributed by atoms with Gasteiger partial charge in [-0.2, -0.15) is 43.1 Å². The molecule has 0 aliphatic heterocycles. The van der Waals surface area contributed by atoms with Crippen LogP contribution in [0.4, 0.5) is 53.0 Å². The monoisotopic (exact) mass is 1930 g/mol. The number of alkyl halides is 3. The van der Waals surface area contributed by atoms with E-state index in [0.717, 1.165) is 77.1 Å². The zero-order valence-corrected chi connectivity index (χ0v) is 75.0. The fourth-order valence-corrected chi connectivity index (χ4v) is 15.3. The summed E-state index contributed by atoms with van der Waals surface area (Å²) in [5.41, 5.74) is 11.6. The minimum atomic E-state index is -4.64. The molecule has 702 valence electrons. The Bertz CT molecular complexity index is 6790.